The van der Waals surface area contributed by atoms with E-state index in [-0.39, 0.29) is 0 Å². The summed E-state index contributed by atoms with van der Waals surface area (Å²) in [4.78, 5) is 11.5. The van der Waals surface area contributed by atoms with Crippen LogP contribution in [0.25, 0.3) is 11.3 Å². The number of halogens is 1. The molecule has 23 heavy (non-hydrogen) atoms. The molecule has 3 rings (SSSR count). The van der Waals surface area contributed by atoms with Gasteiger partial charge in [0.25, 0.3) is 0 Å². The smallest absolute Gasteiger partial charge is 0.339 e. The van der Waals surface area contributed by atoms with E-state index in [1.807, 2.05) is 0 Å². The molecule has 0 aliphatic rings. The monoisotopic (exact) mass is 330 g/mol. The summed E-state index contributed by atoms with van der Waals surface area (Å²) in [6.45, 7) is 0. The van der Waals surface area contributed by atoms with E-state index in [0.29, 0.717) is 22.1 Å². The molecule has 0 atom stereocenters. The normalized spacial score (nSPS) is 11.0. The number of carbonyl (C=O) groups excluding carboxylic acids is 1. The maximum absolute atomic E-state index is 11.5. The molecule has 0 N–H and O–H groups in total. The van der Waals surface area contributed by atoms with Gasteiger partial charge in [-0.05, 0) is 24.3 Å². The average Bonchev–Trinajstić information content (AvgIpc) is 3.23. The number of esters is 1. The SMILES string of the molecule is COC(=O)c1ccc(-c2ccc(/C=N/n3cnnc3)o2)cc1Cl. The van der Waals surface area contributed by atoms with Gasteiger partial charge in [0, 0.05) is 5.56 Å². The Morgan fingerprint density at radius 2 is 2.09 bits per heavy atom. The highest BCUT2D eigenvalue weighted by Crippen LogP contribution is 2.27. The summed E-state index contributed by atoms with van der Waals surface area (Å²) in [5, 5.41) is 11.7. The number of ether oxygens (including phenoxy) is 1. The van der Waals surface area contributed by atoms with Crippen molar-refractivity contribution in [1.29, 1.82) is 0 Å². The first-order valence-corrected chi connectivity index (χ1v) is 6.92. The molecule has 3 aromatic rings. The van der Waals surface area contributed by atoms with Crippen molar-refractivity contribution in [2.75, 3.05) is 7.11 Å². The second-order valence-corrected chi connectivity index (χ2v) is 4.88. The second kappa shape index (κ2) is 6.45. The van der Waals surface area contributed by atoms with Gasteiger partial charge in [0.05, 0.1) is 23.9 Å². The van der Waals surface area contributed by atoms with Crippen LogP contribution in [0.4, 0.5) is 0 Å². The van der Waals surface area contributed by atoms with Crippen molar-refractivity contribution >= 4 is 23.8 Å². The third-order valence-corrected chi connectivity index (χ3v) is 3.32. The number of furan rings is 1. The molecule has 0 amide bonds. The van der Waals surface area contributed by atoms with Crippen LogP contribution in [0.5, 0.6) is 0 Å². The topological polar surface area (TPSA) is 82.5 Å². The van der Waals surface area contributed by atoms with E-state index in [1.54, 1.807) is 30.3 Å². The standard InChI is InChI=1S/C15H11ClN4O3/c1-22-15(21)12-4-2-10(6-13(12)16)14-5-3-11(23-14)7-19-20-8-17-18-9-20/h2-9H,1H3/b19-7+. The fraction of sp³-hybridized carbons (Fsp3) is 0.0667. The highest BCUT2D eigenvalue weighted by molar-refractivity contribution is 6.33. The third kappa shape index (κ3) is 3.29. The van der Waals surface area contributed by atoms with E-state index in [9.17, 15) is 4.79 Å². The highest BCUT2D eigenvalue weighted by atomic mass is 35.5. The summed E-state index contributed by atoms with van der Waals surface area (Å²) in [5.74, 6) is 0.679. The van der Waals surface area contributed by atoms with Crippen molar-refractivity contribution in [3.05, 3.63) is 59.3 Å². The predicted octanol–water partition coefficient (Wildman–Crippen LogP) is 2.86. The van der Waals surface area contributed by atoms with Gasteiger partial charge in [0.15, 0.2) is 0 Å². The van der Waals surface area contributed by atoms with Gasteiger partial charge in [-0.25, -0.2) is 9.47 Å². The summed E-state index contributed by atoms with van der Waals surface area (Å²) < 4.78 is 11.8. The highest BCUT2D eigenvalue weighted by Gasteiger charge is 2.12. The van der Waals surface area contributed by atoms with Gasteiger partial charge in [-0.2, -0.15) is 5.10 Å². The van der Waals surface area contributed by atoms with E-state index < -0.39 is 5.97 Å². The van der Waals surface area contributed by atoms with E-state index in [4.69, 9.17) is 16.0 Å². The Morgan fingerprint density at radius 1 is 1.30 bits per heavy atom. The van der Waals surface area contributed by atoms with E-state index in [0.717, 1.165) is 5.56 Å². The van der Waals surface area contributed by atoms with Crippen LogP contribution in [-0.2, 0) is 4.74 Å². The third-order valence-electron chi connectivity index (χ3n) is 3.01. The minimum atomic E-state index is -0.484. The van der Waals surface area contributed by atoms with E-state index in [1.165, 1.54) is 30.7 Å². The fourth-order valence-electron chi connectivity index (χ4n) is 1.90. The summed E-state index contributed by atoms with van der Waals surface area (Å²) >= 11 is 6.10. The molecule has 0 saturated heterocycles. The first kappa shape index (κ1) is 15.0. The summed E-state index contributed by atoms with van der Waals surface area (Å²) in [5.41, 5.74) is 1.05. The zero-order valence-electron chi connectivity index (χ0n) is 12.0. The molecule has 0 bridgehead atoms. The number of hydrogen-bond donors (Lipinski definition) is 0. The molecule has 1 aromatic carbocycles. The summed E-state index contributed by atoms with van der Waals surface area (Å²) in [7, 11) is 1.31. The van der Waals surface area contributed by atoms with Crippen molar-refractivity contribution in [2.24, 2.45) is 5.10 Å². The molecule has 2 aromatic heterocycles. The van der Waals surface area contributed by atoms with Crippen LogP contribution in [-0.4, -0.2) is 34.2 Å². The van der Waals surface area contributed by atoms with E-state index in [2.05, 4.69) is 20.0 Å². The Hall–Kier alpha value is -2.93. The number of nitrogens with zero attached hydrogens (tertiary/aromatic N) is 4. The molecule has 0 aliphatic carbocycles. The molecule has 7 nitrogen and oxygen atoms in total. The molecule has 8 heteroatoms. The molecule has 0 unspecified atom stereocenters. The predicted molar refractivity (Wildman–Crippen MR) is 83.5 cm³/mol. The lowest BCUT2D eigenvalue weighted by atomic mass is 10.1. The molecular weight excluding hydrogens is 320 g/mol. The quantitative estimate of drug-likeness (QED) is 0.542. The van der Waals surface area contributed by atoms with Gasteiger partial charge >= 0.3 is 5.97 Å². The number of hydrogen-bond acceptors (Lipinski definition) is 6. The zero-order valence-corrected chi connectivity index (χ0v) is 12.8. The minimum Gasteiger partial charge on any atom is -0.465 e. The van der Waals surface area contributed by atoms with Crippen LogP contribution in [0.2, 0.25) is 5.02 Å². The largest absolute Gasteiger partial charge is 0.465 e. The number of benzene rings is 1. The Kier molecular flexibility index (Phi) is 4.20. The second-order valence-electron chi connectivity index (χ2n) is 4.47. The lowest BCUT2D eigenvalue weighted by molar-refractivity contribution is 0.0601. The maximum Gasteiger partial charge on any atom is 0.339 e. The first-order chi connectivity index (χ1) is 11.2. The van der Waals surface area contributed by atoms with Crippen LogP contribution >= 0.6 is 11.6 Å². The van der Waals surface area contributed by atoms with Crippen LogP contribution in [0, 0.1) is 0 Å². The van der Waals surface area contributed by atoms with Gasteiger partial charge in [-0.1, -0.05) is 17.7 Å². The molecule has 0 spiro atoms. The molecule has 0 fully saturated rings. The fourth-order valence-corrected chi connectivity index (χ4v) is 2.16. The maximum atomic E-state index is 11.5. The van der Waals surface area contributed by atoms with Crippen LogP contribution in [0.1, 0.15) is 16.1 Å². The first-order valence-electron chi connectivity index (χ1n) is 6.54. The van der Waals surface area contributed by atoms with Gasteiger partial charge in [0.1, 0.15) is 24.2 Å². The number of carbonyl (C=O) groups is 1. The van der Waals surface area contributed by atoms with Crippen LogP contribution in [0.15, 0.2) is 52.5 Å². The summed E-state index contributed by atoms with van der Waals surface area (Å²) in [6, 6.07) is 8.53. The Bertz CT molecular complexity index is 855. The summed E-state index contributed by atoms with van der Waals surface area (Å²) in [6.07, 6.45) is 4.47. The molecule has 2 heterocycles. The van der Waals surface area contributed by atoms with Gasteiger partial charge in [0.2, 0.25) is 0 Å². The molecular formula is C15H11ClN4O3. The van der Waals surface area contributed by atoms with Crippen molar-refractivity contribution in [1.82, 2.24) is 14.9 Å². The van der Waals surface area contributed by atoms with Crippen molar-refractivity contribution in [2.45, 2.75) is 0 Å². The number of rotatable bonds is 4. The molecule has 0 radical (unpaired) electrons. The molecule has 0 aliphatic heterocycles. The number of methoxy groups -OCH3 is 1. The Morgan fingerprint density at radius 3 is 2.78 bits per heavy atom. The molecule has 0 saturated carbocycles. The van der Waals surface area contributed by atoms with Crippen molar-refractivity contribution < 1.29 is 13.9 Å². The van der Waals surface area contributed by atoms with Crippen molar-refractivity contribution in [3.8, 4) is 11.3 Å². The lowest BCUT2D eigenvalue weighted by Crippen LogP contribution is -2.01. The minimum absolute atomic E-state index is 0.297. The Balaban J connectivity index is 1.83. The van der Waals surface area contributed by atoms with Gasteiger partial charge in [-0.15, -0.1) is 10.2 Å². The lowest BCUT2D eigenvalue weighted by Gasteiger charge is -2.04. The van der Waals surface area contributed by atoms with Gasteiger partial charge in [-0.3, -0.25) is 0 Å². The Labute approximate surface area is 136 Å². The molecule has 116 valence electrons. The number of aromatic nitrogens is 3. The zero-order chi connectivity index (χ0) is 16.2. The average molecular weight is 331 g/mol. The van der Waals surface area contributed by atoms with Gasteiger partial charge < -0.3 is 9.15 Å². The van der Waals surface area contributed by atoms with Crippen molar-refractivity contribution in [3.63, 3.8) is 0 Å². The van der Waals surface area contributed by atoms with Crippen LogP contribution < -0.4 is 0 Å². The van der Waals surface area contributed by atoms with E-state index >= 15 is 0 Å². The van der Waals surface area contributed by atoms with Crippen LogP contribution in [0.3, 0.4) is 0 Å².